The lowest BCUT2D eigenvalue weighted by molar-refractivity contribution is 0.0966. The number of hydrogen-bond acceptors (Lipinski definition) is 3. The first-order valence-electron chi connectivity index (χ1n) is 11.8. The van der Waals surface area contributed by atoms with Crippen molar-refractivity contribution in [2.75, 3.05) is 13.7 Å². The molecule has 168 valence electrons. The fraction of sp³-hybridized carbons (Fsp3) is 0.357. The van der Waals surface area contributed by atoms with Crippen LogP contribution in [0, 0.1) is 0 Å². The molecular formula is C28H34O3Si. The topological polar surface area (TPSA) is 27.7 Å². The van der Waals surface area contributed by atoms with E-state index >= 15 is 0 Å². The van der Waals surface area contributed by atoms with Crippen LogP contribution in [-0.4, -0.2) is 28.4 Å². The number of ether oxygens (including phenoxy) is 1. The summed E-state index contributed by atoms with van der Waals surface area (Å²) in [6.45, 7) is 2.87. The lowest BCUT2D eigenvalue weighted by atomic mass is 9.83. The summed E-state index contributed by atoms with van der Waals surface area (Å²) in [4.78, 5) is 0. The van der Waals surface area contributed by atoms with Crippen LogP contribution in [0.2, 0.25) is 0 Å². The zero-order valence-corrected chi connectivity index (χ0v) is 20.2. The van der Waals surface area contributed by atoms with Gasteiger partial charge in [0.2, 0.25) is 0 Å². The van der Waals surface area contributed by atoms with Crippen LogP contribution in [0.25, 0.3) is 0 Å². The van der Waals surface area contributed by atoms with E-state index in [9.17, 15) is 0 Å². The molecule has 0 aromatic heterocycles. The van der Waals surface area contributed by atoms with E-state index in [4.69, 9.17) is 13.6 Å². The van der Waals surface area contributed by atoms with Gasteiger partial charge in [0.15, 0.2) is 0 Å². The summed E-state index contributed by atoms with van der Waals surface area (Å²) in [5, 5.41) is 2.38. The summed E-state index contributed by atoms with van der Waals surface area (Å²) in [5.41, 5.74) is 1.40. The van der Waals surface area contributed by atoms with Crippen LogP contribution in [0.4, 0.5) is 0 Å². The third-order valence-electron chi connectivity index (χ3n) is 6.41. The molecule has 0 atom stereocenters. The summed E-state index contributed by atoms with van der Waals surface area (Å²) in [6, 6.07) is 29.8. The zero-order valence-electron chi connectivity index (χ0n) is 19.2. The normalized spacial score (nSPS) is 18.9. The lowest BCUT2D eigenvalue weighted by Gasteiger charge is -2.38. The third-order valence-corrected chi connectivity index (χ3v) is 9.87. The van der Waals surface area contributed by atoms with Crippen molar-refractivity contribution in [3.05, 3.63) is 90.5 Å². The van der Waals surface area contributed by atoms with Crippen LogP contribution in [0.3, 0.4) is 0 Å². The van der Waals surface area contributed by atoms with Crippen molar-refractivity contribution in [1.29, 1.82) is 0 Å². The van der Waals surface area contributed by atoms with Crippen LogP contribution in [0.5, 0.6) is 5.75 Å². The minimum absolute atomic E-state index is 0.216. The van der Waals surface area contributed by atoms with E-state index in [0.29, 0.717) is 12.5 Å². The first-order valence-corrected chi connectivity index (χ1v) is 13.6. The highest BCUT2D eigenvalue weighted by molar-refractivity contribution is 6.92. The molecule has 3 nitrogen and oxygen atoms in total. The molecular weight excluding hydrogens is 412 g/mol. The van der Waals surface area contributed by atoms with Crippen molar-refractivity contribution < 1.29 is 13.6 Å². The molecule has 0 amide bonds. The molecule has 0 radical (unpaired) electrons. The number of benzene rings is 3. The van der Waals surface area contributed by atoms with Crippen LogP contribution in [0.1, 0.15) is 50.5 Å². The van der Waals surface area contributed by atoms with E-state index in [1.54, 1.807) is 7.11 Å². The van der Waals surface area contributed by atoms with Crippen LogP contribution < -0.4 is 15.1 Å². The van der Waals surface area contributed by atoms with Gasteiger partial charge >= 0.3 is 8.56 Å². The summed E-state index contributed by atoms with van der Waals surface area (Å²) < 4.78 is 19.1. The van der Waals surface area contributed by atoms with E-state index < -0.39 is 8.56 Å². The van der Waals surface area contributed by atoms with Gasteiger partial charge < -0.3 is 13.6 Å². The maximum absolute atomic E-state index is 7.07. The average molecular weight is 447 g/mol. The Morgan fingerprint density at radius 2 is 1.31 bits per heavy atom. The van der Waals surface area contributed by atoms with Crippen molar-refractivity contribution >= 4 is 18.9 Å². The second kappa shape index (κ2) is 11.0. The highest BCUT2D eigenvalue weighted by Gasteiger charge is 2.45. The van der Waals surface area contributed by atoms with Gasteiger partial charge in [0.1, 0.15) is 5.75 Å². The maximum Gasteiger partial charge on any atom is 0.407 e. The van der Waals surface area contributed by atoms with E-state index in [-0.39, 0.29) is 6.10 Å². The van der Waals surface area contributed by atoms with E-state index in [1.165, 1.54) is 15.9 Å². The van der Waals surface area contributed by atoms with Crippen LogP contribution in [-0.2, 0) is 8.85 Å². The van der Waals surface area contributed by atoms with E-state index in [1.807, 2.05) is 0 Å². The molecule has 4 heteroatoms. The summed E-state index contributed by atoms with van der Waals surface area (Å²) in [7, 11) is -1.07. The first-order chi connectivity index (χ1) is 15.7. The van der Waals surface area contributed by atoms with Gasteiger partial charge in [0.05, 0.1) is 7.11 Å². The van der Waals surface area contributed by atoms with Gasteiger partial charge in [-0.1, -0.05) is 79.7 Å². The largest absolute Gasteiger partial charge is 0.497 e. The molecule has 0 aliphatic heterocycles. The Hall–Kier alpha value is -2.40. The van der Waals surface area contributed by atoms with Gasteiger partial charge in [-0.2, -0.15) is 0 Å². The second-order valence-electron chi connectivity index (χ2n) is 8.56. The van der Waals surface area contributed by atoms with Gasteiger partial charge in [-0.25, -0.2) is 0 Å². The van der Waals surface area contributed by atoms with Crippen molar-refractivity contribution in [3.8, 4) is 5.75 Å². The van der Waals surface area contributed by atoms with Crippen molar-refractivity contribution in [3.63, 3.8) is 0 Å². The second-order valence-corrected chi connectivity index (χ2v) is 11.5. The fourth-order valence-corrected chi connectivity index (χ4v) is 8.16. The molecule has 3 aromatic carbocycles. The molecule has 0 saturated heterocycles. The molecule has 1 saturated carbocycles. The Labute approximate surface area is 193 Å². The van der Waals surface area contributed by atoms with Gasteiger partial charge in [-0.3, -0.25) is 0 Å². The molecule has 1 fully saturated rings. The van der Waals surface area contributed by atoms with Crippen LogP contribution >= 0.6 is 0 Å². The minimum Gasteiger partial charge on any atom is -0.497 e. The Balaban J connectivity index is 1.55. The average Bonchev–Trinajstić information content (AvgIpc) is 2.88. The standard InChI is InChI=1S/C28H34O3Si/c1-3-22-30-32(27-10-6-4-7-11-27,28-12-8-5-9-13-28)31-26-20-16-24(17-21-26)23-14-18-25(29-2)19-15-23/h4-15,18-19,24,26H,3,16-17,20-22H2,1-2H3. The van der Waals surface area contributed by atoms with Crippen LogP contribution in [0.15, 0.2) is 84.9 Å². The highest BCUT2D eigenvalue weighted by Crippen LogP contribution is 2.35. The predicted molar refractivity (Wildman–Crippen MR) is 133 cm³/mol. The Morgan fingerprint density at radius 3 is 1.81 bits per heavy atom. The van der Waals surface area contributed by atoms with Gasteiger partial charge in [-0.05, 0) is 66.1 Å². The van der Waals surface area contributed by atoms with Crippen molar-refractivity contribution in [2.24, 2.45) is 0 Å². The molecule has 0 N–H and O–H groups in total. The summed E-state index contributed by atoms with van der Waals surface area (Å²) in [5.74, 6) is 1.50. The van der Waals surface area contributed by atoms with Crippen molar-refractivity contribution in [1.82, 2.24) is 0 Å². The smallest absolute Gasteiger partial charge is 0.407 e. The molecule has 0 unspecified atom stereocenters. The quantitative estimate of drug-likeness (QED) is 0.411. The molecule has 1 aliphatic carbocycles. The number of hydrogen-bond donors (Lipinski definition) is 0. The highest BCUT2D eigenvalue weighted by atomic mass is 28.4. The molecule has 1 aliphatic rings. The lowest BCUT2D eigenvalue weighted by Crippen LogP contribution is -2.65. The predicted octanol–water partition coefficient (Wildman–Crippen LogP) is 5.42. The van der Waals surface area contributed by atoms with Crippen molar-refractivity contribution in [2.45, 2.75) is 51.0 Å². The number of methoxy groups -OCH3 is 1. The first kappa shape index (κ1) is 22.8. The Kier molecular flexibility index (Phi) is 7.79. The van der Waals surface area contributed by atoms with Gasteiger partial charge in [0.25, 0.3) is 0 Å². The fourth-order valence-electron chi connectivity index (χ4n) is 4.69. The van der Waals surface area contributed by atoms with Gasteiger partial charge in [0, 0.05) is 12.7 Å². The molecule has 32 heavy (non-hydrogen) atoms. The Bertz CT molecular complexity index is 896. The molecule has 4 rings (SSSR count). The van der Waals surface area contributed by atoms with Gasteiger partial charge in [-0.15, -0.1) is 0 Å². The molecule has 0 spiro atoms. The summed E-state index contributed by atoms with van der Waals surface area (Å²) >= 11 is 0. The molecule has 0 bridgehead atoms. The van der Waals surface area contributed by atoms with E-state index in [0.717, 1.165) is 37.9 Å². The zero-order chi connectivity index (χ0) is 22.2. The minimum atomic E-state index is -2.79. The third kappa shape index (κ3) is 5.15. The number of rotatable bonds is 9. The summed E-state index contributed by atoms with van der Waals surface area (Å²) in [6.07, 6.45) is 5.58. The molecule has 3 aromatic rings. The van der Waals surface area contributed by atoms with E-state index in [2.05, 4.69) is 91.9 Å². The SMILES string of the molecule is CCCO[Si](OC1CCC(c2ccc(OC)cc2)CC1)(c1ccccc1)c1ccccc1. The molecule has 0 heterocycles. The maximum atomic E-state index is 7.07. The monoisotopic (exact) mass is 446 g/mol. The Morgan fingerprint density at radius 1 is 0.750 bits per heavy atom.